The molecule has 0 aromatic heterocycles. The first-order valence-corrected chi connectivity index (χ1v) is 8.24. The first-order valence-electron chi connectivity index (χ1n) is 8.24. The molecule has 21 heavy (non-hydrogen) atoms. The number of rotatable bonds is 2. The minimum atomic E-state index is 0.296. The van der Waals surface area contributed by atoms with Crippen LogP contribution in [-0.4, -0.2) is 37.0 Å². The van der Waals surface area contributed by atoms with Crippen molar-refractivity contribution in [2.45, 2.75) is 33.1 Å². The standard InChI is InChI=1S/C18H26N2O/c1-14-10-15(2)12-20(11-14)18(21)13-19-9-5-7-16-6-3-4-8-17(16)19/h3-4,6,8,14-15H,5,7,9-13H2,1-2H3. The molecule has 2 aliphatic rings. The number of para-hydroxylation sites is 1. The molecule has 0 aliphatic carbocycles. The van der Waals surface area contributed by atoms with E-state index < -0.39 is 0 Å². The van der Waals surface area contributed by atoms with E-state index in [1.165, 1.54) is 17.7 Å². The maximum Gasteiger partial charge on any atom is 0.242 e. The molecule has 3 nitrogen and oxygen atoms in total. The molecule has 3 rings (SSSR count). The normalized spacial score (nSPS) is 25.6. The van der Waals surface area contributed by atoms with Gasteiger partial charge in [0.15, 0.2) is 0 Å². The highest BCUT2D eigenvalue weighted by Gasteiger charge is 2.27. The molecule has 1 aromatic rings. The van der Waals surface area contributed by atoms with Crippen molar-refractivity contribution in [2.75, 3.05) is 31.1 Å². The molecule has 114 valence electrons. The molecule has 2 unspecified atom stereocenters. The molecule has 1 amide bonds. The summed E-state index contributed by atoms with van der Waals surface area (Å²) in [7, 11) is 0. The Morgan fingerprint density at radius 3 is 2.67 bits per heavy atom. The summed E-state index contributed by atoms with van der Waals surface area (Å²) < 4.78 is 0. The van der Waals surface area contributed by atoms with Crippen LogP contribution in [0, 0.1) is 11.8 Å². The summed E-state index contributed by atoms with van der Waals surface area (Å²) in [5.41, 5.74) is 2.65. The van der Waals surface area contributed by atoms with Gasteiger partial charge in [0, 0.05) is 25.3 Å². The summed E-state index contributed by atoms with van der Waals surface area (Å²) in [4.78, 5) is 17.0. The van der Waals surface area contributed by atoms with E-state index in [1.807, 2.05) is 0 Å². The van der Waals surface area contributed by atoms with Crippen molar-refractivity contribution in [2.24, 2.45) is 11.8 Å². The van der Waals surface area contributed by atoms with Gasteiger partial charge in [0.1, 0.15) is 0 Å². The van der Waals surface area contributed by atoms with Gasteiger partial charge in [-0.1, -0.05) is 32.0 Å². The number of hydrogen-bond acceptors (Lipinski definition) is 2. The van der Waals surface area contributed by atoms with E-state index in [-0.39, 0.29) is 0 Å². The molecule has 0 N–H and O–H groups in total. The maximum atomic E-state index is 12.7. The van der Waals surface area contributed by atoms with Crippen LogP contribution >= 0.6 is 0 Å². The quantitative estimate of drug-likeness (QED) is 0.834. The van der Waals surface area contributed by atoms with Gasteiger partial charge in [0.2, 0.25) is 5.91 Å². The second-order valence-corrected chi connectivity index (χ2v) is 6.90. The molecule has 0 spiro atoms. The van der Waals surface area contributed by atoms with E-state index in [4.69, 9.17) is 0 Å². The van der Waals surface area contributed by atoms with Crippen molar-refractivity contribution >= 4 is 11.6 Å². The predicted octanol–water partition coefficient (Wildman–Crippen LogP) is 2.94. The van der Waals surface area contributed by atoms with Crippen LogP contribution in [0.4, 0.5) is 5.69 Å². The number of piperidine rings is 1. The number of carbonyl (C=O) groups is 1. The lowest BCUT2D eigenvalue weighted by Crippen LogP contribution is -2.47. The highest BCUT2D eigenvalue weighted by molar-refractivity contribution is 5.82. The number of fused-ring (bicyclic) bond motifs is 1. The Kier molecular flexibility index (Phi) is 4.18. The first kappa shape index (κ1) is 14.4. The fourth-order valence-electron chi connectivity index (χ4n) is 3.91. The Labute approximate surface area is 127 Å². The van der Waals surface area contributed by atoms with Gasteiger partial charge in [-0.3, -0.25) is 4.79 Å². The van der Waals surface area contributed by atoms with E-state index in [0.29, 0.717) is 24.3 Å². The number of benzene rings is 1. The third kappa shape index (κ3) is 3.22. The van der Waals surface area contributed by atoms with E-state index >= 15 is 0 Å². The first-order chi connectivity index (χ1) is 10.1. The van der Waals surface area contributed by atoms with Crippen LogP contribution in [0.1, 0.15) is 32.3 Å². The largest absolute Gasteiger partial charge is 0.362 e. The van der Waals surface area contributed by atoms with E-state index in [0.717, 1.165) is 32.5 Å². The number of nitrogens with zero attached hydrogens (tertiary/aromatic N) is 2. The number of amides is 1. The monoisotopic (exact) mass is 286 g/mol. The van der Waals surface area contributed by atoms with E-state index in [2.05, 4.69) is 47.9 Å². The maximum absolute atomic E-state index is 12.7. The molecule has 2 aliphatic heterocycles. The molecule has 3 heteroatoms. The summed E-state index contributed by atoms with van der Waals surface area (Å²) >= 11 is 0. The zero-order valence-corrected chi connectivity index (χ0v) is 13.2. The van der Waals surface area contributed by atoms with Crippen molar-refractivity contribution in [3.8, 4) is 0 Å². The third-order valence-electron chi connectivity index (χ3n) is 4.75. The van der Waals surface area contributed by atoms with Crippen molar-refractivity contribution < 1.29 is 4.79 Å². The Hall–Kier alpha value is -1.51. The summed E-state index contributed by atoms with van der Waals surface area (Å²) in [6.45, 7) is 7.91. The highest BCUT2D eigenvalue weighted by Crippen LogP contribution is 2.27. The number of hydrogen-bond donors (Lipinski definition) is 0. The van der Waals surface area contributed by atoms with Gasteiger partial charge in [0.05, 0.1) is 6.54 Å². The Morgan fingerprint density at radius 1 is 1.19 bits per heavy atom. The summed E-state index contributed by atoms with van der Waals surface area (Å²) in [5, 5.41) is 0. The van der Waals surface area contributed by atoms with Crippen LogP contribution in [-0.2, 0) is 11.2 Å². The van der Waals surface area contributed by atoms with Gasteiger partial charge in [-0.25, -0.2) is 0 Å². The molecular weight excluding hydrogens is 260 g/mol. The van der Waals surface area contributed by atoms with E-state index in [1.54, 1.807) is 0 Å². The molecule has 1 aromatic carbocycles. The number of likely N-dealkylation sites (tertiary alicyclic amines) is 1. The van der Waals surface area contributed by atoms with Gasteiger partial charge in [-0.2, -0.15) is 0 Å². The van der Waals surface area contributed by atoms with Gasteiger partial charge in [-0.05, 0) is 42.7 Å². The lowest BCUT2D eigenvalue weighted by atomic mass is 9.92. The lowest BCUT2D eigenvalue weighted by Gasteiger charge is -2.37. The second kappa shape index (κ2) is 6.08. The lowest BCUT2D eigenvalue weighted by molar-refractivity contribution is -0.132. The Bertz CT molecular complexity index is 504. The molecule has 2 atom stereocenters. The van der Waals surface area contributed by atoms with E-state index in [9.17, 15) is 4.79 Å². The Balaban J connectivity index is 1.68. The summed E-state index contributed by atoms with van der Waals surface area (Å²) in [6, 6.07) is 8.52. The average molecular weight is 286 g/mol. The SMILES string of the molecule is CC1CC(C)CN(C(=O)CN2CCCc3ccccc32)C1. The third-order valence-corrected chi connectivity index (χ3v) is 4.75. The van der Waals surface area contributed by atoms with Crippen molar-refractivity contribution in [3.63, 3.8) is 0 Å². The van der Waals surface area contributed by atoms with Crippen molar-refractivity contribution in [3.05, 3.63) is 29.8 Å². The summed E-state index contributed by atoms with van der Waals surface area (Å²) in [6.07, 6.45) is 3.53. The molecule has 0 bridgehead atoms. The van der Waals surface area contributed by atoms with Gasteiger partial charge in [0.25, 0.3) is 0 Å². The highest BCUT2D eigenvalue weighted by atomic mass is 16.2. The molecule has 1 fully saturated rings. The molecule has 0 radical (unpaired) electrons. The topological polar surface area (TPSA) is 23.6 Å². The number of aryl methyl sites for hydroxylation is 1. The molecule has 0 saturated carbocycles. The summed E-state index contributed by atoms with van der Waals surface area (Å²) in [5.74, 6) is 1.56. The number of anilines is 1. The van der Waals surface area contributed by atoms with Crippen LogP contribution in [0.25, 0.3) is 0 Å². The van der Waals surface area contributed by atoms with Crippen molar-refractivity contribution in [1.29, 1.82) is 0 Å². The fourth-order valence-corrected chi connectivity index (χ4v) is 3.91. The van der Waals surface area contributed by atoms with Gasteiger partial charge < -0.3 is 9.80 Å². The van der Waals surface area contributed by atoms with Crippen LogP contribution < -0.4 is 4.90 Å². The molecule has 1 saturated heterocycles. The smallest absolute Gasteiger partial charge is 0.242 e. The zero-order valence-electron chi connectivity index (χ0n) is 13.2. The predicted molar refractivity (Wildman–Crippen MR) is 86.5 cm³/mol. The van der Waals surface area contributed by atoms with Gasteiger partial charge >= 0.3 is 0 Å². The molecular formula is C18H26N2O. The Morgan fingerprint density at radius 2 is 1.90 bits per heavy atom. The zero-order chi connectivity index (χ0) is 14.8. The second-order valence-electron chi connectivity index (χ2n) is 6.90. The fraction of sp³-hybridized carbons (Fsp3) is 0.611. The van der Waals surface area contributed by atoms with Crippen LogP contribution in [0.5, 0.6) is 0 Å². The van der Waals surface area contributed by atoms with Crippen LogP contribution in [0.15, 0.2) is 24.3 Å². The van der Waals surface area contributed by atoms with Crippen LogP contribution in [0.2, 0.25) is 0 Å². The average Bonchev–Trinajstić information content (AvgIpc) is 2.46. The van der Waals surface area contributed by atoms with Crippen molar-refractivity contribution in [1.82, 2.24) is 4.90 Å². The minimum Gasteiger partial charge on any atom is -0.362 e. The van der Waals surface area contributed by atoms with Gasteiger partial charge in [-0.15, -0.1) is 0 Å². The number of carbonyl (C=O) groups excluding carboxylic acids is 1. The molecule has 2 heterocycles. The van der Waals surface area contributed by atoms with Crippen LogP contribution in [0.3, 0.4) is 0 Å². The minimum absolute atomic E-state index is 0.296.